The highest BCUT2D eigenvalue weighted by Gasteiger charge is 2.09. The minimum absolute atomic E-state index is 0.507. The Balaban J connectivity index is 1.92. The van der Waals surface area contributed by atoms with Gasteiger partial charge < -0.3 is 4.74 Å². The lowest BCUT2D eigenvalue weighted by Crippen LogP contribution is -1.97. The molecular weight excluding hydrogens is 270 g/mol. The third-order valence-corrected chi connectivity index (χ3v) is 3.46. The third kappa shape index (κ3) is 2.99. The van der Waals surface area contributed by atoms with E-state index in [1.807, 2.05) is 78.9 Å². The second kappa shape index (κ2) is 6.60. The smallest absolute Gasteiger partial charge is 0.127 e. The van der Waals surface area contributed by atoms with Crippen LogP contribution in [0.3, 0.4) is 0 Å². The van der Waals surface area contributed by atoms with Crippen molar-refractivity contribution < 1.29 is 4.74 Å². The van der Waals surface area contributed by atoms with E-state index >= 15 is 0 Å². The lowest BCUT2D eigenvalue weighted by atomic mass is 9.99. The van der Waals surface area contributed by atoms with Gasteiger partial charge in [0.25, 0.3) is 0 Å². The molecule has 0 aliphatic carbocycles. The predicted molar refractivity (Wildman–Crippen MR) is 87.4 cm³/mol. The molecule has 0 heterocycles. The van der Waals surface area contributed by atoms with E-state index in [1.54, 1.807) is 0 Å². The van der Waals surface area contributed by atoms with Crippen LogP contribution in [0.5, 0.6) is 5.75 Å². The number of rotatable bonds is 4. The topological polar surface area (TPSA) is 33.0 Å². The van der Waals surface area contributed by atoms with E-state index in [2.05, 4.69) is 6.07 Å². The van der Waals surface area contributed by atoms with E-state index in [9.17, 15) is 5.26 Å². The van der Waals surface area contributed by atoms with Crippen LogP contribution in [0.25, 0.3) is 11.1 Å². The SMILES string of the molecule is N#Cc1ccccc1-c1ccccc1OCc1ccccc1. The standard InChI is InChI=1S/C20H15NO/c21-14-17-10-4-5-11-18(17)19-12-6-7-13-20(19)22-15-16-8-2-1-3-9-16/h1-13H,15H2. The van der Waals surface area contributed by atoms with E-state index in [0.29, 0.717) is 12.2 Å². The van der Waals surface area contributed by atoms with Crippen molar-refractivity contribution in [2.45, 2.75) is 6.61 Å². The van der Waals surface area contributed by atoms with Crippen molar-refractivity contribution in [1.82, 2.24) is 0 Å². The molecule has 0 saturated heterocycles. The van der Waals surface area contributed by atoms with E-state index in [0.717, 1.165) is 22.4 Å². The van der Waals surface area contributed by atoms with Crippen molar-refractivity contribution in [3.8, 4) is 22.9 Å². The Labute approximate surface area is 130 Å². The van der Waals surface area contributed by atoms with Gasteiger partial charge in [-0.2, -0.15) is 5.26 Å². The summed E-state index contributed by atoms with van der Waals surface area (Å²) < 4.78 is 5.97. The number of hydrogen-bond acceptors (Lipinski definition) is 2. The van der Waals surface area contributed by atoms with Crippen LogP contribution in [-0.4, -0.2) is 0 Å². The number of nitrogens with zero attached hydrogens (tertiary/aromatic N) is 1. The minimum Gasteiger partial charge on any atom is -0.488 e. The van der Waals surface area contributed by atoms with Crippen LogP contribution in [0, 0.1) is 11.3 Å². The summed E-state index contributed by atoms with van der Waals surface area (Å²) in [5.74, 6) is 0.786. The summed E-state index contributed by atoms with van der Waals surface area (Å²) in [4.78, 5) is 0. The summed E-state index contributed by atoms with van der Waals surface area (Å²) in [6.07, 6.45) is 0. The van der Waals surface area contributed by atoms with E-state index in [1.165, 1.54) is 0 Å². The van der Waals surface area contributed by atoms with E-state index in [4.69, 9.17) is 4.74 Å². The van der Waals surface area contributed by atoms with Gasteiger partial charge in [-0.05, 0) is 17.7 Å². The quantitative estimate of drug-likeness (QED) is 0.689. The lowest BCUT2D eigenvalue weighted by molar-refractivity contribution is 0.307. The van der Waals surface area contributed by atoms with Crippen LogP contribution in [-0.2, 0) is 6.61 Å². The molecule has 2 nitrogen and oxygen atoms in total. The summed E-state index contributed by atoms with van der Waals surface area (Å²) in [7, 11) is 0. The van der Waals surface area contributed by atoms with Gasteiger partial charge in [0.05, 0.1) is 11.6 Å². The fraction of sp³-hybridized carbons (Fsp3) is 0.0500. The Morgan fingerprint density at radius 2 is 1.36 bits per heavy atom. The van der Waals surface area contributed by atoms with Crippen molar-refractivity contribution in [1.29, 1.82) is 5.26 Å². The molecule has 0 aliphatic rings. The van der Waals surface area contributed by atoms with Crippen LogP contribution in [0.2, 0.25) is 0 Å². The largest absolute Gasteiger partial charge is 0.488 e. The zero-order chi connectivity index (χ0) is 15.2. The Bertz CT molecular complexity index is 803. The number of benzene rings is 3. The molecular formula is C20H15NO. The maximum atomic E-state index is 9.29. The van der Waals surface area contributed by atoms with Crippen molar-refractivity contribution >= 4 is 0 Å². The predicted octanol–water partition coefficient (Wildman–Crippen LogP) is 4.80. The minimum atomic E-state index is 0.507. The summed E-state index contributed by atoms with van der Waals surface area (Å²) in [5.41, 5.74) is 3.60. The number of nitriles is 1. The first-order chi connectivity index (χ1) is 10.9. The zero-order valence-corrected chi connectivity index (χ0v) is 12.1. The Hall–Kier alpha value is -3.05. The molecule has 0 radical (unpaired) electrons. The molecule has 0 bridgehead atoms. The third-order valence-electron chi connectivity index (χ3n) is 3.46. The molecule has 0 saturated carbocycles. The summed E-state index contributed by atoms with van der Waals surface area (Å²) in [5, 5.41) is 9.29. The highest BCUT2D eigenvalue weighted by atomic mass is 16.5. The molecule has 0 aromatic heterocycles. The number of hydrogen-bond donors (Lipinski definition) is 0. The van der Waals surface area contributed by atoms with Crippen molar-refractivity contribution in [3.05, 3.63) is 90.0 Å². The number of ether oxygens (including phenoxy) is 1. The maximum Gasteiger partial charge on any atom is 0.127 e. The summed E-state index contributed by atoms with van der Waals surface area (Å²) in [6, 6.07) is 27.7. The second-order valence-electron chi connectivity index (χ2n) is 4.93. The fourth-order valence-electron chi connectivity index (χ4n) is 2.37. The molecule has 0 spiro atoms. The van der Waals surface area contributed by atoms with Crippen molar-refractivity contribution in [2.24, 2.45) is 0 Å². The van der Waals surface area contributed by atoms with Gasteiger partial charge in [-0.3, -0.25) is 0 Å². The molecule has 3 aromatic carbocycles. The van der Waals surface area contributed by atoms with Gasteiger partial charge in [0, 0.05) is 11.1 Å². The van der Waals surface area contributed by atoms with Gasteiger partial charge in [0.15, 0.2) is 0 Å². The molecule has 0 amide bonds. The molecule has 106 valence electrons. The van der Waals surface area contributed by atoms with Gasteiger partial charge in [-0.15, -0.1) is 0 Å². The first-order valence-electron chi connectivity index (χ1n) is 7.14. The molecule has 2 heteroatoms. The average Bonchev–Trinajstić information content (AvgIpc) is 2.61. The summed E-state index contributed by atoms with van der Waals surface area (Å²) >= 11 is 0. The monoisotopic (exact) mass is 285 g/mol. The Morgan fingerprint density at radius 3 is 2.14 bits per heavy atom. The molecule has 3 aromatic rings. The second-order valence-corrected chi connectivity index (χ2v) is 4.93. The van der Waals surface area contributed by atoms with E-state index in [-0.39, 0.29) is 0 Å². The van der Waals surface area contributed by atoms with Crippen molar-refractivity contribution in [2.75, 3.05) is 0 Å². The van der Waals surface area contributed by atoms with Gasteiger partial charge >= 0.3 is 0 Å². The van der Waals surface area contributed by atoms with E-state index < -0.39 is 0 Å². The molecule has 0 aliphatic heterocycles. The molecule has 0 atom stereocenters. The molecule has 0 fully saturated rings. The molecule has 22 heavy (non-hydrogen) atoms. The molecule has 3 rings (SSSR count). The van der Waals surface area contributed by atoms with Crippen LogP contribution in [0.4, 0.5) is 0 Å². The fourth-order valence-corrected chi connectivity index (χ4v) is 2.37. The van der Waals surface area contributed by atoms with Gasteiger partial charge in [-0.25, -0.2) is 0 Å². The van der Waals surface area contributed by atoms with Crippen molar-refractivity contribution in [3.63, 3.8) is 0 Å². The first kappa shape index (κ1) is 13.9. The first-order valence-corrected chi connectivity index (χ1v) is 7.14. The van der Waals surface area contributed by atoms with Crippen LogP contribution in [0.1, 0.15) is 11.1 Å². The average molecular weight is 285 g/mol. The highest BCUT2D eigenvalue weighted by molar-refractivity contribution is 5.75. The van der Waals surface area contributed by atoms with Crippen LogP contribution < -0.4 is 4.74 Å². The Morgan fingerprint density at radius 1 is 0.727 bits per heavy atom. The van der Waals surface area contributed by atoms with Crippen LogP contribution in [0.15, 0.2) is 78.9 Å². The van der Waals surface area contributed by atoms with Gasteiger partial charge in [0.1, 0.15) is 12.4 Å². The molecule has 0 unspecified atom stereocenters. The van der Waals surface area contributed by atoms with Gasteiger partial charge in [-0.1, -0.05) is 66.7 Å². The highest BCUT2D eigenvalue weighted by Crippen LogP contribution is 2.32. The normalized spacial score (nSPS) is 9.95. The Kier molecular flexibility index (Phi) is 4.17. The number of para-hydroxylation sites is 1. The molecule has 0 N–H and O–H groups in total. The lowest BCUT2D eigenvalue weighted by Gasteiger charge is -2.12. The maximum absolute atomic E-state index is 9.29. The zero-order valence-electron chi connectivity index (χ0n) is 12.1. The summed E-state index contributed by atoms with van der Waals surface area (Å²) in [6.45, 7) is 0.507. The van der Waals surface area contributed by atoms with Crippen LogP contribution >= 0.6 is 0 Å². The van der Waals surface area contributed by atoms with Gasteiger partial charge in [0.2, 0.25) is 0 Å².